The van der Waals surface area contributed by atoms with E-state index in [1.165, 1.54) is 0 Å². The third-order valence-corrected chi connectivity index (χ3v) is 22.1. The van der Waals surface area contributed by atoms with Crippen LogP contribution in [0.1, 0.15) is 117 Å². The zero-order chi connectivity index (χ0) is 59.8. The van der Waals surface area contributed by atoms with E-state index in [2.05, 4.69) is 61.6 Å². The standard InChI is InChI=1S/C68H98O13Si/c1-16-18-61(76-42-53-22-31-58(72-13)32-23-53)64(45-75-41-52-20-29-57(71-12)30-21-52)81-67(62(19-17-2)77-43-54-24-33-59(73-14)34-25-54)51(10)39-56(69)28-37-66-68(11,70)40-50(9)38-63(78-44-55-26-35-60(74-15)36-27-55)65(80-66)46-79-82(47(3)4,48(5)6)49(7)8/h16-17,20-37,47-51,61-67,70H,1-2,18-19,38-46H2,3-15H3/b37-28+/t50-,51+,61-,62+,63+,64+,65-,66+,67-,68-/m1/s1. The molecule has 0 aromatic heterocycles. The minimum absolute atomic E-state index is 0.0482. The Kier molecular flexibility index (Phi) is 28.0. The number of benzene rings is 4. The van der Waals surface area contributed by atoms with Gasteiger partial charge in [-0.1, -0.05) is 116 Å². The van der Waals surface area contributed by atoms with E-state index in [0.29, 0.717) is 62.1 Å². The van der Waals surface area contributed by atoms with E-state index in [1.54, 1.807) is 47.5 Å². The van der Waals surface area contributed by atoms with Gasteiger partial charge in [0.15, 0.2) is 14.1 Å². The van der Waals surface area contributed by atoms with Crippen LogP contribution in [-0.4, -0.2) is 109 Å². The zero-order valence-electron chi connectivity index (χ0n) is 51.5. The molecule has 1 N–H and O–H groups in total. The lowest BCUT2D eigenvalue weighted by atomic mass is 9.82. The SMILES string of the molecule is C=CC[C@H](OCc1ccc(OC)cc1)[C@H](O[C@@H](COCc1ccc(OC)cc1)[C@@H](CC=C)OCc1ccc(OC)cc1)[C@@H](C)CC(=O)/C=C/[C@@H]1O[C@H](CO[Si](C(C)C)(C(C)C)C(C)C)[C@@H](OCc2ccc(OC)cc2)C[C@@H](C)C[C@@]1(C)O. The van der Waals surface area contributed by atoms with Gasteiger partial charge in [-0.25, -0.2) is 0 Å². The summed E-state index contributed by atoms with van der Waals surface area (Å²) in [7, 11) is 4.20. The molecule has 0 aliphatic carbocycles. The van der Waals surface area contributed by atoms with E-state index >= 15 is 0 Å². The summed E-state index contributed by atoms with van der Waals surface area (Å²) < 4.78 is 70.2. The van der Waals surface area contributed by atoms with Gasteiger partial charge >= 0.3 is 0 Å². The maximum absolute atomic E-state index is 14.7. The number of ether oxygens (including phenoxy) is 10. The van der Waals surface area contributed by atoms with Crippen LogP contribution in [0, 0.1) is 11.8 Å². The van der Waals surface area contributed by atoms with Crippen LogP contribution < -0.4 is 18.9 Å². The fourth-order valence-electron chi connectivity index (χ4n) is 11.6. The molecule has 4 aromatic rings. The molecule has 0 amide bonds. The summed E-state index contributed by atoms with van der Waals surface area (Å²) in [5.74, 6) is 2.48. The van der Waals surface area contributed by atoms with E-state index in [1.807, 2.05) is 116 Å². The van der Waals surface area contributed by atoms with Gasteiger partial charge in [0.25, 0.3) is 0 Å². The van der Waals surface area contributed by atoms with Crippen LogP contribution >= 0.6 is 0 Å². The molecule has 1 heterocycles. The smallest absolute Gasteiger partial charge is 0.200 e. The van der Waals surface area contributed by atoms with Crippen LogP contribution in [0.25, 0.3) is 0 Å². The summed E-state index contributed by atoms with van der Waals surface area (Å²) >= 11 is 0. The van der Waals surface area contributed by atoms with E-state index in [-0.39, 0.29) is 44.0 Å². The third kappa shape index (κ3) is 20.3. The molecule has 5 rings (SSSR count). The van der Waals surface area contributed by atoms with Crippen molar-refractivity contribution in [2.45, 2.75) is 186 Å². The molecule has 0 unspecified atom stereocenters. The number of aliphatic hydroxyl groups is 1. The van der Waals surface area contributed by atoms with Gasteiger partial charge in [-0.05, 0) is 144 Å². The second-order valence-corrected chi connectivity index (χ2v) is 28.7. The maximum Gasteiger partial charge on any atom is 0.200 e. The number of hydrogen-bond donors (Lipinski definition) is 1. The number of allylic oxidation sites excluding steroid dienone is 1. The summed E-state index contributed by atoms with van der Waals surface area (Å²) in [6.45, 7) is 29.5. The highest BCUT2D eigenvalue weighted by atomic mass is 28.4. The Bertz CT molecular complexity index is 2470. The fraction of sp³-hybridized carbons (Fsp3) is 0.544. The molecule has 10 atom stereocenters. The summed E-state index contributed by atoms with van der Waals surface area (Å²) in [6.07, 6.45) is 4.79. The molecule has 0 spiro atoms. The Morgan fingerprint density at radius 3 is 1.55 bits per heavy atom. The molecule has 0 saturated carbocycles. The van der Waals surface area contributed by atoms with Crippen LogP contribution in [0.3, 0.4) is 0 Å². The highest BCUT2D eigenvalue weighted by Gasteiger charge is 2.47. The predicted octanol–water partition coefficient (Wildman–Crippen LogP) is 14.2. The highest BCUT2D eigenvalue weighted by molar-refractivity contribution is 6.77. The largest absolute Gasteiger partial charge is 0.497 e. The van der Waals surface area contributed by atoms with Crippen LogP contribution in [0.5, 0.6) is 23.0 Å². The lowest BCUT2D eigenvalue weighted by Crippen LogP contribution is -2.54. The third-order valence-electron chi connectivity index (χ3n) is 16.0. The van der Waals surface area contributed by atoms with E-state index in [9.17, 15) is 9.90 Å². The van der Waals surface area contributed by atoms with Crippen molar-refractivity contribution in [1.29, 1.82) is 0 Å². The van der Waals surface area contributed by atoms with Gasteiger partial charge in [-0.15, -0.1) is 13.2 Å². The Morgan fingerprint density at radius 1 is 0.659 bits per heavy atom. The number of hydrogen-bond acceptors (Lipinski definition) is 13. The first-order valence-electron chi connectivity index (χ1n) is 29.3. The first-order valence-corrected chi connectivity index (χ1v) is 31.5. The summed E-state index contributed by atoms with van der Waals surface area (Å²) in [5, 5.41) is 12.4. The van der Waals surface area contributed by atoms with Crippen LogP contribution in [-0.2, 0) is 64.1 Å². The van der Waals surface area contributed by atoms with Crippen molar-refractivity contribution in [2.75, 3.05) is 41.7 Å². The van der Waals surface area contributed by atoms with Gasteiger partial charge in [0, 0.05) is 6.42 Å². The normalized spacial score (nSPS) is 20.6. The lowest BCUT2D eigenvalue weighted by Gasteiger charge is -2.45. The van der Waals surface area contributed by atoms with Crippen molar-refractivity contribution in [2.24, 2.45) is 11.8 Å². The van der Waals surface area contributed by atoms with E-state index in [0.717, 1.165) is 45.3 Å². The van der Waals surface area contributed by atoms with E-state index < -0.39 is 56.5 Å². The van der Waals surface area contributed by atoms with Gasteiger partial charge in [0.2, 0.25) is 0 Å². The molecular formula is C68H98O13Si. The molecule has 0 bridgehead atoms. The highest BCUT2D eigenvalue weighted by Crippen LogP contribution is 2.43. The van der Waals surface area contributed by atoms with Crippen LogP contribution in [0.15, 0.2) is 135 Å². The molecule has 0 radical (unpaired) electrons. The fourth-order valence-corrected chi connectivity index (χ4v) is 17.1. The number of ketones is 1. The number of carbonyl (C=O) groups is 1. The lowest BCUT2D eigenvalue weighted by molar-refractivity contribution is -0.180. The van der Waals surface area contributed by atoms with Crippen molar-refractivity contribution in [3.8, 4) is 23.0 Å². The van der Waals surface area contributed by atoms with Gasteiger partial charge < -0.3 is 56.9 Å². The minimum Gasteiger partial charge on any atom is -0.497 e. The molecule has 14 heteroatoms. The average Bonchev–Trinajstić information content (AvgIpc) is 3.57. The predicted molar refractivity (Wildman–Crippen MR) is 328 cm³/mol. The minimum atomic E-state index is -2.37. The summed E-state index contributed by atoms with van der Waals surface area (Å²) in [4.78, 5) is 14.7. The van der Waals surface area contributed by atoms with Crippen molar-refractivity contribution in [1.82, 2.24) is 0 Å². The molecule has 1 aliphatic rings. The molecular weight excluding hydrogens is 1050 g/mol. The second-order valence-electron chi connectivity index (χ2n) is 23.3. The quantitative estimate of drug-likeness (QED) is 0.0263. The molecule has 4 aromatic carbocycles. The second kappa shape index (κ2) is 34.0. The van der Waals surface area contributed by atoms with Crippen molar-refractivity contribution < 1.29 is 61.7 Å². The first kappa shape index (κ1) is 67.7. The monoisotopic (exact) mass is 1150 g/mol. The average molecular weight is 1150 g/mol. The molecule has 13 nitrogen and oxygen atoms in total. The molecule has 82 heavy (non-hydrogen) atoms. The Hall–Kier alpha value is -5.13. The zero-order valence-corrected chi connectivity index (χ0v) is 52.5. The Morgan fingerprint density at radius 2 is 1.10 bits per heavy atom. The summed E-state index contributed by atoms with van der Waals surface area (Å²) in [6, 6.07) is 31.1. The number of carbonyl (C=O) groups excluding carboxylic acids is 1. The number of rotatable bonds is 36. The van der Waals surface area contributed by atoms with E-state index in [4.69, 9.17) is 51.8 Å². The van der Waals surface area contributed by atoms with Gasteiger partial charge in [0.05, 0.1) is 98.1 Å². The maximum atomic E-state index is 14.7. The molecule has 1 fully saturated rings. The number of methoxy groups -OCH3 is 4. The van der Waals surface area contributed by atoms with Gasteiger partial charge in [-0.3, -0.25) is 4.79 Å². The summed E-state index contributed by atoms with van der Waals surface area (Å²) in [5.41, 5.74) is 3.54. The van der Waals surface area contributed by atoms with Crippen LogP contribution in [0.2, 0.25) is 16.6 Å². The Balaban J connectivity index is 1.49. The topological polar surface area (TPSA) is 139 Å². The van der Waals surface area contributed by atoms with Gasteiger partial charge in [-0.2, -0.15) is 0 Å². The van der Waals surface area contributed by atoms with Crippen molar-refractivity contribution in [3.63, 3.8) is 0 Å². The van der Waals surface area contributed by atoms with Crippen molar-refractivity contribution in [3.05, 3.63) is 157 Å². The molecule has 1 saturated heterocycles. The molecule has 1 aliphatic heterocycles. The van der Waals surface area contributed by atoms with Crippen LogP contribution in [0.4, 0.5) is 0 Å². The molecule has 452 valence electrons. The van der Waals surface area contributed by atoms with Crippen molar-refractivity contribution >= 4 is 14.1 Å². The van der Waals surface area contributed by atoms with Gasteiger partial charge in [0.1, 0.15) is 41.3 Å². The Labute approximate surface area is 492 Å². The first-order chi connectivity index (χ1) is 39.3.